The average Bonchev–Trinajstić information content (AvgIpc) is 2.75. The van der Waals surface area contributed by atoms with E-state index in [1.165, 1.54) is 12.8 Å². The minimum absolute atomic E-state index is 0.0361. The lowest BCUT2D eigenvalue weighted by molar-refractivity contribution is -0.139. The third-order valence-corrected chi connectivity index (χ3v) is 3.23. The molecule has 0 radical (unpaired) electrons. The van der Waals surface area contributed by atoms with Gasteiger partial charge in [0, 0.05) is 12.6 Å². The van der Waals surface area contributed by atoms with E-state index in [4.69, 9.17) is 5.11 Å². The van der Waals surface area contributed by atoms with Crippen LogP contribution >= 0.6 is 0 Å². The first-order valence-corrected chi connectivity index (χ1v) is 5.05. The molecule has 1 heterocycles. The Morgan fingerprint density at radius 3 is 2.85 bits per heavy atom. The van der Waals surface area contributed by atoms with Crippen molar-refractivity contribution in [1.29, 1.82) is 0 Å². The van der Waals surface area contributed by atoms with Crippen molar-refractivity contribution in [2.45, 2.75) is 38.6 Å². The van der Waals surface area contributed by atoms with Crippen LogP contribution in [0.15, 0.2) is 0 Å². The van der Waals surface area contributed by atoms with Gasteiger partial charge < -0.3 is 5.11 Å². The summed E-state index contributed by atoms with van der Waals surface area (Å²) in [6, 6.07) is 0.788. The van der Waals surface area contributed by atoms with Crippen molar-refractivity contribution in [3.8, 4) is 0 Å². The number of hydrogen-bond acceptors (Lipinski definition) is 2. The molecular weight excluding hydrogens is 166 g/mol. The van der Waals surface area contributed by atoms with Crippen molar-refractivity contribution >= 4 is 5.97 Å². The van der Waals surface area contributed by atoms with Crippen LogP contribution in [0.25, 0.3) is 0 Å². The van der Waals surface area contributed by atoms with E-state index >= 15 is 0 Å². The Bertz CT molecular complexity index is 225. The van der Waals surface area contributed by atoms with E-state index in [0.717, 1.165) is 25.6 Å². The van der Waals surface area contributed by atoms with Crippen LogP contribution in [-0.2, 0) is 4.79 Å². The van der Waals surface area contributed by atoms with Crippen molar-refractivity contribution in [2.24, 2.45) is 5.41 Å². The summed E-state index contributed by atoms with van der Waals surface area (Å²) in [5, 5.41) is 8.76. The molecule has 2 aliphatic rings. The maximum absolute atomic E-state index is 10.6. The molecule has 1 saturated heterocycles. The second-order valence-corrected chi connectivity index (χ2v) is 4.83. The van der Waals surface area contributed by atoms with Crippen LogP contribution in [0, 0.1) is 5.41 Å². The van der Waals surface area contributed by atoms with Gasteiger partial charge in [0.25, 0.3) is 0 Å². The third kappa shape index (κ3) is 2.02. The SMILES string of the molecule is CC1(CC(=O)O)CCN(C2CC2)C1. The van der Waals surface area contributed by atoms with Crippen LogP contribution in [0.3, 0.4) is 0 Å². The number of rotatable bonds is 3. The average molecular weight is 183 g/mol. The summed E-state index contributed by atoms with van der Waals surface area (Å²) in [4.78, 5) is 13.1. The molecule has 1 N–H and O–H groups in total. The van der Waals surface area contributed by atoms with E-state index in [1.54, 1.807) is 0 Å². The molecule has 1 unspecified atom stereocenters. The number of carboxylic acids is 1. The number of hydrogen-bond donors (Lipinski definition) is 1. The Morgan fingerprint density at radius 1 is 1.62 bits per heavy atom. The highest BCUT2D eigenvalue weighted by Gasteiger charge is 2.41. The first-order chi connectivity index (χ1) is 6.09. The summed E-state index contributed by atoms with van der Waals surface area (Å²) in [6.45, 7) is 4.20. The van der Waals surface area contributed by atoms with Crippen LogP contribution in [0.5, 0.6) is 0 Å². The van der Waals surface area contributed by atoms with Gasteiger partial charge in [-0.2, -0.15) is 0 Å². The fourth-order valence-corrected chi connectivity index (χ4v) is 2.32. The normalized spacial score (nSPS) is 35.2. The van der Waals surface area contributed by atoms with Gasteiger partial charge in [0.1, 0.15) is 0 Å². The highest BCUT2D eigenvalue weighted by Crippen LogP contribution is 2.39. The van der Waals surface area contributed by atoms with Crippen LogP contribution < -0.4 is 0 Å². The first kappa shape index (κ1) is 9.00. The van der Waals surface area contributed by atoms with Gasteiger partial charge in [-0.25, -0.2) is 0 Å². The smallest absolute Gasteiger partial charge is 0.303 e. The molecule has 3 heteroatoms. The highest BCUT2D eigenvalue weighted by atomic mass is 16.4. The van der Waals surface area contributed by atoms with Crippen molar-refractivity contribution in [2.75, 3.05) is 13.1 Å². The van der Waals surface area contributed by atoms with E-state index in [1.807, 2.05) is 0 Å². The second-order valence-electron chi connectivity index (χ2n) is 4.83. The summed E-state index contributed by atoms with van der Waals surface area (Å²) in [6.07, 6.45) is 4.03. The summed E-state index contributed by atoms with van der Waals surface area (Å²) in [7, 11) is 0. The van der Waals surface area contributed by atoms with E-state index in [2.05, 4.69) is 11.8 Å². The van der Waals surface area contributed by atoms with Gasteiger partial charge >= 0.3 is 5.97 Å². The van der Waals surface area contributed by atoms with Gasteiger partial charge in [0.05, 0.1) is 6.42 Å². The van der Waals surface area contributed by atoms with Gasteiger partial charge in [-0.3, -0.25) is 9.69 Å². The van der Waals surface area contributed by atoms with Crippen molar-refractivity contribution < 1.29 is 9.90 Å². The zero-order valence-corrected chi connectivity index (χ0v) is 8.12. The van der Waals surface area contributed by atoms with E-state index in [0.29, 0.717) is 6.42 Å². The largest absolute Gasteiger partial charge is 0.481 e. The fourth-order valence-electron chi connectivity index (χ4n) is 2.32. The Morgan fingerprint density at radius 2 is 2.31 bits per heavy atom. The molecule has 74 valence electrons. The molecule has 3 nitrogen and oxygen atoms in total. The van der Waals surface area contributed by atoms with Gasteiger partial charge in [-0.05, 0) is 31.2 Å². The number of carboxylic acid groups (broad SMARTS) is 1. The lowest BCUT2D eigenvalue weighted by Crippen LogP contribution is -2.28. The molecule has 1 atom stereocenters. The molecule has 0 amide bonds. The lowest BCUT2D eigenvalue weighted by atomic mass is 9.86. The van der Waals surface area contributed by atoms with Gasteiger partial charge in [0.2, 0.25) is 0 Å². The molecule has 1 saturated carbocycles. The van der Waals surface area contributed by atoms with Gasteiger partial charge in [0.15, 0.2) is 0 Å². The number of aliphatic carboxylic acids is 1. The van der Waals surface area contributed by atoms with Gasteiger partial charge in [-0.1, -0.05) is 6.92 Å². The molecule has 1 aliphatic carbocycles. The standard InChI is InChI=1S/C10H17NO2/c1-10(6-9(12)13)4-5-11(7-10)8-2-3-8/h8H,2-7H2,1H3,(H,12,13). The summed E-state index contributed by atoms with van der Waals surface area (Å²) in [5.41, 5.74) is 0.0361. The number of likely N-dealkylation sites (tertiary alicyclic amines) is 1. The molecule has 1 aliphatic heterocycles. The molecule has 0 aromatic carbocycles. The molecule has 2 fully saturated rings. The summed E-state index contributed by atoms with van der Waals surface area (Å²) < 4.78 is 0. The molecule has 0 aromatic rings. The fraction of sp³-hybridized carbons (Fsp3) is 0.900. The number of nitrogens with zero attached hydrogens (tertiary/aromatic N) is 1. The van der Waals surface area contributed by atoms with E-state index in [-0.39, 0.29) is 5.41 Å². The van der Waals surface area contributed by atoms with Crippen LogP contribution in [0.1, 0.15) is 32.6 Å². The van der Waals surface area contributed by atoms with Crippen molar-refractivity contribution in [3.63, 3.8) is 0 Å². The molecule has 0 spiro atoms. The van der Waals surface area contributed by atoms with Crippen LogP contribution in [0.4, 0.5) is 0 Å². The Kier molecular flexibility index (Phi) is 2.06. The molecule has 0 aromatic heterocycles. The quantitative estimate of drug-likeness (QED) is 0.717. The molecular formula is C10H17NO2. The Balaban J connectivity index is 1.90. The summed E-state index contributed by atoms with van der Waals surface area (Å²) in [5.74, 6) is -0.653. The predicted molar refractivity (Wildman–Crippen MR) is 49.6 cm³/mol. The molecule has 0 bridgehead atoms. The lowest BCUT2D eigenvalue weighted by Gasteiger charge is -2.22. The third-order valence-electron chi connectivity index (χ3n) is 3.23. The maximum Gasteiger partial charge on any atom is 0.303 e. The zero-order chi connectivity index (χ0) is 9.47. The Hall–Kier alpha value is -0.570. The minimum Gasteiger partial charge on any atom is -0.481 e. The molecule has 13 heavy (non-hydrogen) atoms. The number of carbonyl (C=O) groups is 1. The predicted octanol–water partition coefficient (Wildman–Crippen LogP) is 1.34. The van der Waals surface area contributed by atoms with Crippen molar-refractivity contribution in [1.82, 2.24) is 4.90 Å². The topological polar surface area (TPSA) is 40.5 Å². The van der Waals surface area contributed by atoms with E-state index in [9.17, 15) is 4.79 Å². The monoisotopic (exact) mass is 183 g/mol. The van der Waals surface area contributed by atoms with Gasteiger partial charge in [-0.15, -0.1) is 0 Å². The summed E-state index contributed by atoms with van der Waals surface area (Å²) >= 11 is 0. The highest BCUT2D eigenvalue weighted by molar-refractivity contribution is 5.67. The first-order valence-electron chi connectivity index (χ1n) is 5.05. The second kappa shape index (κ2) is 2.98. The van der Waals surface area contributed by atoms with Crippen LogP contribution in [-0.4, -0.2) is 35.1 Å². The zero-order valence-electron chi connectivity index (χ0n) is 8.12. The maximum atomic E-state index is 10.6. The van der Waals surface area contributed by atoms with Crippen LogP contribution in [0.2, 0.25) is 0 Å². The van der Waals surface area contributed by atoms with Crippen molar-refractivity contribution in [3.05, 3.63) is 0 Å². The minimum atomic E-state index is -0.653. The Labute approximate surface area is 78.7 Å². The molecule has 2 rings (SSSR count). The van der Waals surface area contributed by atoms with E-state index < -0.39 is 5.97 Å².